The Hall–Kier alpha value is -2.35. The van der Waals surface area contributed by atoms with Gasteiger partial charge in [-0.2, -0.15) is 8.42 Å². The molecule has 0 atom stereocenters. The molecule has 0 spiro atoms. The van der Waals surface area contributed by atoms with E-state index in [0.29, 0.717) is 0 Å². The van der Waals surface area contributed by atoms with Gasteiger partial charge in [-0.15, -0.1) is 0 Å². The van der Waals surface area contributed by atoms with Crippen molar-refractivity contribution in [2.75, 3.05) is 13.1 Å². The monoisotopic (exact) mass is 339 g/mol. The quantitative estimate of drug-likeness (QED) is 0.827. The van der Waals surface area contributed by atoms with Crippen molar-refractivity contribution in [3.8, 4) is 0 Å². The van der Waals surface area contributed by atoms with Crippen LogP contribution in [0.5, 0.6) is 0 Å². The Morgan fingerprint density at radius 2 is 1.83 bits per heavy atom. The van der Waals surface area contributed by atoms with E-state index in [2.05, 4.69) is 0 Å². The predicted octanol–water partition coefficient (Wildman–Crippen LogP) is 1.17. The lowest BCUT2D eigenvalue weighted by atomic mass is 9.80. The third-order valence-electron chi connectivity index (χ3n) is 3.87. The van der Waals surface area contributed by atoms with Crippen LogP contribution >= 0.6 is 0 Å². The van der Waals surface area contributed by atoms with Crippen molar-refractivity contribution in [3.63, 3.8) is 0 Å². The molecule has 1 fully saturated rings. The molecular formula is C15H17NO6S. The van der Waals surface area contributed by atoms with Crippen molar-refractivity contribution in [1.82, 2.24) is 4.90 Å². The van der Waals surface area contributed by atoms with Crippen LogP contribution in [0.2, 0.25) is 0 Å². The predicted molar refractivity (Wildman–Crippen MR) is 82.5 cm³/mol. The molecule has 1 saturated heterocycles. The Balaban J connectivity index is 1.94. The van der Waals surface area contributed by atoms with Crippen LogP contribution in [0.3, 0.4) is 0 Å². The minimum atomic E-state index is -2.56. The zero-order valence-corrected chi connectivity index (χ0v) is 13.2. The van der Waals surface area contributed by atoms with Crippen molar-refractivity contribution >= 4 is 27.7 Å². The smallest absolute Gasteiger partial charge is 0.410 e. The maximum Gasteiger partial charge on any atom is 0.410 e. The Kier molecular flexibility index (Phi) is 5.38. The first-order valence-corrected chi connectivity index (χ1v) is 8.20. The fraction of sp³-hybridized carbons (Fsp3) is 0.400. The second kappa shape index (κ2) is 7.28. The number of carboxylic acid groups (broad SMARTS) is 1. The summed E-state index contributed by atoms with van der Waals surface area (Å²) >= 11 is 0. The van der Waals surface area contributed by atoms with Crippen LogP contribution in [0.4, 0.5) is 4.79 Å². The first kappa shape index (κ1) is 17.0. The van der Waals surface area contributed by atoms with Crippen LogP contribution in [-0.2, 0) is 26.4 Å². The normalized spacial score (nSPS) is 16.4. The lowest BCUT2D eigenvalue weighted by Crippen LogP contribution is -2.47. The van der Waals surface area contributed by atoms with Crippen molar-refractivity contribution in [1.29, 1.82) is 0 Å². The molecule has 7 nitrogen and oxygen atoms in total. The van der Waals surface area contributed by atoms with Gasteiger partial charge in [-0.05, 0) is 18.4 Å². The summed E-state index contributed by atoms with van der Waals surface area (Å²) in [6.45, 7) is 0.401. The Labute approximate surface area is 135 Å². The number of piperidine rings is 1. The number of carbonyl (C=O) groups excluding carboxylic acids is 1. The maximum atomic E-state index is 12.0. The van der Waals surface area contributed by atoms with Gasteiger partial charge in [0.2, 0.25) is 10.3 Å². The molecule has 23 heavy (non-hydrogen) atoms. The molecule has 1 N–H and O–H groups in total. The van der Waals surface area contributed by atoms with Gasteiger partial charge in [0, 0.05) is 13.1 Å². The van der Waals surface area contributed by atoms with Crippen LogP contribution in [0.25, 0.3) is 0 Å². The lowest BCUT2D eigenvalue weighted by molar-refractivity contribution is -0.146. The van der Waals surface area contributed by atoms with Gasteiger partial charge in [0.1, 0.15) is 12.0 Å². The molecule has 8 heteroatoms. The molecule has 0 aromatic heterocycles. The van der Waals surface area contributed by atoms with Gasteiger partial charge < -0.3 is 14.7 Å². The van der Waals surface area contributed by atoms with E-state index >= 15 is 0 Å². The number of hydrogen-bond donors (Lipinski definition) is 1. The standard InChI is InChI=1S/C15H17NO6S/c17-13(18)15(11-23(20)21)6-8-16(9-7-15)14(19)22-10-12-4-2-1-3-5-12/h1-5,11H,6-10H2,(H,17,18). The number of benzene rings is 1. The number of rotatable bonds is 4. The molecule has 1 aromatic rings. The highest BCUT2D eigenvalue weighted by Crippen LogP contribution is 2.30. The average Bonchev–Trinajstić information content (AvgIpc) is 2.53. The van der Waals surface area contributed by atoms with Crippen molar-refractivity contribution in [3.05, 3.63) is 35.9 Å². The molecule has 1 aromatic carbocycles. The van der Waals surface area contributed by atoms with Gasteiger partial charge >= 0.3 is 12.1 Å². The molecule has 0 saturated carbocycles. The highest BCUT2D eigenvalue weighted by molar-refractivity contribution is 7.71. The molecule has 2 rings (SSSR count). The van der Waals surface area contributed by atoms with Crippen LogP contribution in [0, 0.1) is 5.41 Å². The van der Waals surface area contributed by atoms with Crippen LogP contribution in [-0.4, -0.2) is 48.9 Å². The number of ether oxygens (including phenoxy) is 1. The molecule has 0 radical (unpaired) electrons. The SMILES string of the molecule is O=C(OCc1ccccc1)N1CCC(C=S(=O)=O)(C(=O)O)CC1. The first-order chi connectivity index (χ1) is 10.9. The van der Waals surface area contributed by atoms with E-state index in [9.17, 15) is 23.1 Å². The second-order valence-electron chi connectivity index (χ2n) is 5.37. The summed E-state index contributed by atoms with van der Waals surface area (Å²) in [5.41, 5.74) is -0.587. The number of amides is 1. The molecule has 1 heterocycles. The maximum absolute atomic E-state index is 12.0. The van der Waals surface area contributed by atoms with Crippen molar-refractivity contribution in [2.45, 2.75) is 19.4 Å². The van der Waals surface area contributed by atoms with E-state index in [4.69, 9.17) is 4.74 Å². The summed E-state index contributed by atoms with van der Waals surface area (Å²) in [5.74, 6) is -1.20. The fourth-order valence-corrected chi connectivity index (χ4v) is 3.17. The topological polar surface area (TPSA) is 101 Å². The molecule has 1 amide bonds. The van der Waals surface area contributed by atoms with E-state index in [1.54, 1.807) is 0 Å². The highest BCUT2D eigenvalue weighted by Gasteiger charge is 2.42. The minimum absolute atomic E-state index is 0.0384. The van der Waals surface area contributed by atoms with Gasteiger partial charge in [0.25, 0.3) is 0 Å². The average molecular weight is 339 g/mol. The number of aliphatic carboxylic acids is 1. The summed E-state index contributed by atoms with van der Waals surface area (Å²) in [7, 11) is -2.56. The fourth-order valence-electron chi connectivity index (χ4n) is 2.47. The summed E-state index contributed by atoms with van der Waals surface area (Å²) in [6.07, 6.45) is -0.455. The molecule has 1 aliphatic heterocycles. The molecule has 1 aliphatic rings. The second-order valence-corrected chi connectivity index (χ2v) is 6.12. The van der Waals surface area contributed by atoms with E-state index in [1.165, 1.54) is 4.90 Å². The number of likely N-dealkylation sites (tertiary alicyclic amines) is 1. The minimum Gasteiger partial charge on any atom is -0.481 e. The van der Waals surface area contributed by atoms with Crippen LogP contribution in [0.15, 0.2) is 30.3 Å². The van der Waals surface area contributed by atoms with Gasteiger partial charge in [0.15, 0.2) is 0 Å². The van der Waals surface area contributed by atoms with Gasteiger partial charge in [-0.1, -0.05) is 30.3 Å². The number of carboxylic acids is 1. The first-order valence-electron chi connectivity index (χ1n) is 7.06. The third kappa shape index (κ3) is 4.32. The molecule has 124 valence electrons. The summed E-state index contributed by atoms with van der Waals surface area (Å²) in [5, 5.41) is 10.1. The van der Waals surface area contributed by atoms with Crippen LogP contribution < -0.4 is 0 Å². The van der Waals surface area contributed by atoms with Crippen molar-refractivity contribution < 1.29 is 27.9 Å². The Bertz CT molecular complexity index is 697. The van der Waals surface area contributed by atoms with E-state index < -0.39 is 27.8 Å². The van der Waals surface area contributed by atoms with Crippen molar-refractivity contribution in [2.24, 2.45) is 5.41 Å². The Morgan fingerprint density at radius 3 is 2.35 bits per heavy atom. The molecule has 0 bridgehead atoms. The largest absolute Gasteiger partial charge is 0.481 e. The zero-order valence-electron chi connectivity index (χ0n) is 12.3. The third-order valence-corrected chi connectivity index (χ3v) is 4.51. The zero-order chi connectivity index (χ0) is 16.9. The summed E-state index contributed by atoms with van der Waals surface area (Å²) in [4.78, 5) is 24.8. The summed E-state index contributed by atoms with van der Waals surface area (Å²) < 4.78 is 26.8. The molecular weight excluding hydrogens is 322 g/mol. The van der Waals surface area contributed by atoms with E-state index in [0.717, 1.165) is 10.9 Å². The highest BCUT2D eigenvalue weighted by atomic mass is 32.2. The van der Waals surface area contributed by atoms with Gasteiger partial charge in [-0.3, -0.25) is 4.79 Å². The Morgan fingerprint density at radius 1 is 1.22 bits per heavy atom. The molecule has 0 unspecified atom stereocenters. The number of carbonyl (C=O) groups is 2. The van der Waals surface area contributed by atoms with Gasteiger partial charge in [0.05, 0.1) is 5.37 Å². The summed E-state index contributed by atoms with van der Waals surface area (Å²) in [6, 6.07) is 9.20. The van der Waals surface area contributed by atoms with E-state index in [1.807, 2.05) is 30.3 Å². The van der Waals surface area contributed by atoms with Gasteiger partial charge in [-0.25, -0.2) is 4.79 Å². The number of nitrogens with zero attached hydrogens (tertiary/aromatic N) is 1. The van der Waals surface area contributed by atoms with E-state index in [-0.39, 0.29) is 32.5 Å². The van der Waals surface area contributed by atoms with Crippen LogP contribution in [0.1, 0.15) is 18.4 Å². The lowest BCUT2D eigenvalue weighted by Gasteiger charge is -2.35. The number of hydrogen-bond acceptors (Lipinski definition) is 5. The molecule has 0 aliphatic carbocycles.